The molecule has 2 aliphatic heterocycles. The average Bonchev–Trinajstić information content (AvgIpc) is 3.22. The van der Waals surface area contributed by atoms with E-state index in [1.54, 1.807) is 13.1 Å². The smallest absolute Gasteiger partial charge is 0.220 e. The van der Waals surface area contributed by atoms with E-state index in [9.17, 15) is 8.42 Å². The van der Waals surface area contributed by atoms with Crippen molar-refractivity contribution in [1.29, 1.82) is 0 Å². The van der Waals surface area contributed by atoms with E-state index in [4.69, 9.17) is 4.52 Å². The van der Waals surface area contributed by atoms with Crippen LogP contribution >= 0.6 is 24.0 Å². The number of aromatic nitrogens is 1. The molecule has 0 aromatic carbocycles. The van der Waals surface area contributed by atoms with Gasteiger partial charge in [-0.1, -0.05) is 12.1 Å². The van der Waals surface area contributed by atoms with Crippen LogP contribution in [-0.2, 0) is 15.8 Å². The predicted octanol–water partition coefficient (Wildman–Crippen LogP) is 1.44. The zero-order valence-electron chi connectivity index (χ0n) is 18.0. The van der Waals surface area contributed by atoms with Crippen molar-refractivity contribution in [3.05, 3.63) is 18.0 Å². The Morgan fingerprint density at radius 2 is 1.93 bits per heavy atom. The predicted molar refractivity (Wildman–Crippen MR) is 129 cm³/mol. The minimum Gasteiger partial charge on any atom is -0.364 e. The van der Waals surface area contributed by atoms with Crippen LogP contribution in [0, 0.1) is 5.92 Å². The number of rotatable bonds is 7. The van der Waals surface area contributed by atoms with Crippen LogP contribution in [0.4, 0.5) is 0 Å². The molecule has 1 aromatic heterocycles. The van der Waals surface area contributed by atoms with Crippen molar-refractivity contribution in [3.63, 3.8) is 0 Å². The van der Waals surface area contributed by atoms with Gasteiger partial charge in [-0.15, -0.1) is 24.0 Å². The van der Waals surface area contributed by atoms with Crippen LogP contribution in [-0.4, -0.2) is 93.0 Å². The van der Waals surface area contributed by atoms with E-state index in [1.165, 1.54) is 36.5 Å². The Morgan fingerprint density at radius 1 is 1.23 bits per heavy atom. The fourth-order valence-electron chi connectivity index (χ4n) is 3.89. The van der Waals surface area contributed by atoms with Crippen LogP contribution in [0.25, 0.3) is 0 Å². The highest BCUT2D eigenvalue weighted by atomic mass is 127. The zero-order chi connectivity index (χ0) is 20.7. The molecular formula is C19H35IN6O3S. The normalized spacial score (nSPS) is 20.2. The molecule has 3 rings (SSSR count). The lowest BCUT2D eigenvalue weighted by molar-refractivity contribution is 0.190. The topological polar surface area (TPSA) is 94.3 Å². The van der Waals surface area contributed by atoms with Crippen LogP contribution in [0.3, 0.4) is 0 Å². The lowest BCUT2D eigenvalue weighted by Gasteiger charge is -2.36. The molecule has 0 unspecified atom stereocenters. The molecule has 0 bridgehead atoms. The highest BCUT2D eigenvalue weighted by molar-refractivity contribution is 14.0. The van der Waals surface area contributed by atoms with Gasteiger partial charge in [0.05, 0.1) is 5.69 Å². The van der Waals surface area contributed by atoms with Crippen molar-refractivity contribution in [2.75, 3.05) is 59.4 Å². The van der Waals surface area contributed by atoms with Crippen molar-refractivity contribution in [2.45, 2.75) is 31.9 Å². The first kappa shape index (κ1) is 25.3. The first-order chi connectivity index (χ1) is 14.0. The molecular weight excluding hydrogens is 519 g/mol. The molecule has 30 heavy (non-hydrogen) atoms. The third-order valence-corrected chi connectivity index (χ3v) is 7.59. The molecule has 3 heterocycles. The van der Waals surface area contributed by atoms with Gasteiger partial charge in [0.25, 0.3) is 0 Å². The third kappa shape index (κ3) is 7.34. The standard InChI is InChI=1S/C19H34N6O3S.HI/c1-17-4-9-23(10-5-17)8-3-7-21-19(20-2)24-11-13-25(14-12-24)29(26,27)16-18-6-15-28-22-18;/h6,15,17H,3-5,7-14,16H2,1-2H3,(H,20,21);1H. The van der Waals surface area contributed by atoms with E-state index in [0.717, 1.165) is 31.4 Å². The maximum absolute atomic E-state index is 12.6. The Labute approximate surface area is 197 Å². The van der Waals surface area contributed by atoms with Gasteiger partial charge in [-0.25, -0.2) is 8.42 Å². The number of nitrogens with zero attached hydrogens (tertiary/aromatic N) is 5. The SMILES string of the molecule is CN=C(NCCCN1CCC(C)CC1)N1CCN(S(=O)(=O)Cc2ccon2)CC1.I. The molecule has 9 nitrogen and oxygen atoms in total. The van der Waals surface area contributed by atoms with Gasteiger partial charge in [0.15, 0.2) is 5.96 Å². The van der Waals surface area contributed by atoms with Gasteiger partial charge < -0.3 is 19.6 Å². The van der Waals surface area contributed by atoms with E-state index in [2.05, 4.69) is 32.2 Å². The number of hydrogen-bond donors (Lipinski definition) is 1. The summed E-state index contributed by atoms with van der Waals surface area (Å²) < 4.78 is 31.4. The van der Waals surface area contributed by atoms with Gasteiger partial charge in [-0.05, 0) is 44.8 Å². The molecule has 2 saturated heterocycles. The summed E-state index contributed by atoms with van der Waals surface area (Å²) in [4.78, 5) is 9.06. The first-order valence-corrected chi connectivity index (χ1v) is 12.1. The Balaban J connectivity index is 0.00000320. The van der Waals surface area contributed by atoms with E-state index in [1.807, 2.05) is 0 Å². The lowest BCUT2D eigenvalue weighted by Crippen LogP contribution is -2.54. The van der Waals surface area contributed by atoms with Crippen molar-refractivity contribution in [1.82, 2.24) is 24.6 Å². The summed E-state index contributed by atoms with van der Waals surface area (Å²) in [6, 6.07) is 1.59. The minimum atomic E-state index is -3.38. The first-order valence-electron chi connectivity index (χ1n) is 10.5. The maximum atomic E-state index is 12.6. The van der Waals surface area contributed by atoms with Crippen LogP contribution in [0.5, 0.6) is 0 Å². The summed E-state index contributed by atoms with van der Waals surface area (Å²) in [5.41, 5.74) is 0.438. The van der Waals surface area contributed by atoms with Crippen molar-refractivity contribution in [2.24, 2.45) is 10.9 Å². The van der Waals surface area contributed by atoms with E-state index < -0.39 is 10.0 Å². The highest BCUT2D eigenvalue weighted by Crippen LogP contribution is 2.16. The van der Waals surface area contributed by atoms with E-state index >= 15 is 0 Å². The highest BCUT2D eigenvalue weighted by Gasteiger charge is 2.29. The monoisotopic (exact) mass is 554 g/mol. The Kier molecular flexibility index (Phi) is 10.3. The number of piperazine rings is 1. The summed E-state index contributed by atoms with van der Waals surface area (Å²) in [5.74, 6) is 1.60. The summed E-state index contributed by atoms with van der Waals surface area (Å²) >= 11 is 0. The summed E-state index contributed by atoms with van der Waals surface area (Å²) in [6.07, 6.45) is 5.08. The van der Waals surface area contributed by atoms with Gasteiger partial charge in [-0.3, -0.25) is 4.99 Å². The lowest BCUT2D eigenvalue weighted by atomic mass is 9.99. The van der Waals surface area contributed by atoms with Crippen molar-refractivity contribution < 1.29 is 12.9 Å². The molecule has 0 radical (unpaired) electrons. The van der Waals surface area contributed by atoms with Gasteiger partial charge in [0.1, 0.15) is 12.0 Å². The molecule has 2 aliphatic rings. The molecule has 1 N–H and O–H groups in total. The number of piperidine rings is 1. The molecule has 172 valence electrons. The van der Waals surface area contributed by atoms with E-state index in [-0.39, 0.29) is 29.7 Å². The molecule has 0 aliphatic carbocycles. The third-order valence-electron chi connectivity index (χ3n) is 5.78. The molecule has 0 atom stereocenters. The molecule has 2 fully saturated rings. The van der Waals surface area contributed by atoms with Gasteiger partial charge in [0, 0.05) is 45.8 Å². The van der Waals surface area contributed by atoms with Gasteiger partial charge >= 0.3 is 0 Å². The van der Waals surface area contributed by atoms with Gasteiger partial charge in [-0.2, -0.15) is 4.31 Å². The number of guanidine groups is 1. The van der Waals surface area contributed by atoms with Crippen LogP contribution in [0.15, 0.2) is 21.8 Å². The number of hydrogen-bond acceptors (Lipinski definition) is 6. The molecule has 0 saturated carbocycles. The Morgan fingerprint density at radius 3 is 2.53 bits per heavy atom. The number of likely N-dealkylation sites (tertiary alicyclic amines) is 1. The summed E-state index contributed by atoms with van der Waals surface area (Å²) in [5, 5.41) is 7.14. The number of halogens is 1. The minimum absolute atomic E-state index is 0. The second-order valence-corrected chi connectivity index (χ2v) is 9.95. The van der Waals surface area contributed by atoms with Crippen LogP contribution < -0.4 is 5.32 Å². The van der Waals surface area contributed by atoms with Crippen molar-refractivity contribution >= 4 is 40.0 Å². The van der Waals surface area contributed by atoms with E-state index in [0.29, 0.717) is 31.9 Å². The Hall–Kier alpha value is -0.920. The summed E-state index contributed by atoms with van der Waals surface area (Å²) in [7, 11) is -1.60. The average molecular weight is 554 g/mol. The molecule has 0 spiro atoms. The molecule has 11 heteroatoms. The maximum Gasteiger partial charge on any atom is 0.220 e. The summed E-state index contributed by atoms with van der Waals surface area (Å²) in [6.45, 7) is 8.90. The van der Waals surface area contributed by atoms with Crippen LogP contribution in [0.2, 0.25) is 0 Å². The number of aliphatic imine (C=N–C) groups is 1. The van der Waals surface area contributed by atoms with Gasteiger partial charge in [0.2, 0.25) is 10.0 Å². The largest absolute Gasteiger partial charge is 0.364 e. The second-order valence-electron chi connectivity index (χ2n) is 7.98. The zero-order valence-corrected chi connectivity index (χ0v) is 21.1. The quantitative estimate of drug-likeness (QED) is 0.236. The number of nitrogens with one attached hydrogen (secondary N) is 1. The fourth-order valence-corrected chi connectivity index (χ4v) is 5.31. The fraction of sp³-hybridized carbons (Fsp3) is 0.789. The molecule has 1 aromatic rings. The Bertz CT molecular complexity index is 742. The number of sulfonamides is 1. The molecule has 0 amide bonds. The second kappa shape index (κ2) is 12.2. The van der Waals surface area contributed by atoms with Crippen LogP contribution in [0.1, 0.15) is 31.9 Å². The van der Waals surface area contributed by atoms with Crippen molar-refractivity contribution in [3.8, 4) is 0 Å².